The van der Waals surface area contributed by atoms with Crippen LogP contribution in [0.25, 0.3) is 0 Å². The Balaban J connectivity index is 2.18. The van der Waals surface area contributed by atoms with E-state index in [4.69, 9.17) is 0 Å². The van der Waals surface area contributed by atoms with Gasteiger partial charge < -0.3 is 0 Å². The highest BCUT2D eigenvalue weighted by atomic mass is 14.3. The SMILES string of the molecule is CC12BC(C)(CCCC1)CCCC2. The molecule has 0 aromatic rings. The molecule has 0 aromatic carbocycles. The van der Waals surface area contributed by atoms with Gasteiger partial charge in [0.05, 0.1) is 0 Å². The van der Waals surface area contributed by atoms with Crippen molar-refractivity contribution in [2.75, 3.05) is 0 Å². The van der Waals surface area contributed by atoms with Gasteiger partial charge in [0.25, 0.3) is 0 Å². The number of fused-ring (bicyclic) bond motifs is 2. The van der Waals surface area contributed by atoms with Crippen molar-refractivity contribution >= 4 is 7.28 Å². The quantitative estimate of drug-likeness (QED) is 0.493. The largest absolute Gasteiger partial charge is 0.134 e. The fourth-order valence-electron chi connectivity index (χ4n) is 3.84. The summed E-state index contributed by atoms with van der Waals surface area (Å²) in [5.74, 6) is 0. The van der Waals surface area contributed by atoms with Crippen molar-refractivity contribution in [2.24, 2.45) is 0 Å². The van der Waals surface area contributed by atoms with Gasteiger partial charge >= 0.3 is 0 Å². The van der Waals surface area contributed by atoms with E-state index in [9.17, 15) is 0 Å². The van der Waals surface area contributed by atoms with Crippen LogP contribution in [0.4, 0.5) is 0 Å². The molecule has 0 amide bonds. The van der Waals surface area contributed by atoms with Gasteiger partial charge in [-0.1, -0.05) is 75.8 Å². The summed E-state index contributed by atoms with van der Waals surface area (Å²) in [5, 5.41) is 1.42. The van der Waals surface area contributed by atoms with Crippen molar-refractivity contribution in [2.45, 2.75) is 75.8 Å². The molecule has 2 saturated heterocycles. The lowest BCUT2D eigenvalue weighted by atomic mass is 9.38. The summed E-state index contributed by atoms with van der Waals surface area (Å²) < 4.78 is 0. The molecule has 0 spiro atoms. The molecule has 1 heteroatoms. The van der Waals surface area contributed by atoms with Crippen LogP contribution >= 0.6 is 0 Å². The third-order valence-corrected chi connectivity index (χ3v) is 4.47. The molecule has 2 bridgehead atoms. The van der Waals surface area contributed by atoms with Crippen LogP contribution in [0.15, 0.2) is 0 Å². The lowest BCUT2D eigenvalue weighted by molar-refractivity contribution is 0.438. The Morgan fingerprint density at radius 3 is 1.31 bits per heavy atom. The first kappa shape index (κ1) is 9.61. The highest BCUT2D eigenvalue weighted by molar-refractivity contribution is 6.44. The van der Waals surface area contributed by atoms with Crippen molar-refractivity contribution in [3.63, 3.8) is 0 Å². The summed E-state index contributed by atoms with van der Waals surface area (Å²) >= 11 is 0. The maximum atomic E-state index is 2.54. The smallest absolute Gasteiger partial charge is 0.0665 e. The molecule has 74 valence electrons. The maximum Gasteiger partial charge on any atom is 0.134 e. The molecule has 2 rings (SSSR count). The molecule has 0 aromatic heterocycles. The van der Waals surface area contributed by atoms with Crippen molar-refractivity contribution < 1.29 is 0 Å². The highest BCUT2D eigenvalue weighted by Crippen LogP contribution is 2.54. The average molecular weight is 178 g/mol. The number of hydrogen-bond acceptors (Lipinski definition) is 0. The number of hydrogen-bond donors (Lipinski definition) is 0. The van der Waals surface area contributed by atoms with Crippen LogP contribution in [0.3, 0.4) is 0 Å². The zero-order valence-corrected chi connectivity index (χ0v) is 9.36. The van der Waals surface area contributed by atoms with Gasteiger partial charge in [0, 0.05) is 0 Å². The lowest BCUT2D eigenvalue weighted by Gasteiger charge is -2.33. The topological polar surface area (TPSA) is 0 Å². The Kier molecular flexibility index (Phi) is 2.46. The molecule has 2 aliphatic rings. The normalized spacial score (nSPS) is 46.0. The van der Waals surface area contributed by atoms with Crippen LogP contribution in [-0.4, -0.2) is 7.28 Å². The summed E-state index contributed by atoms with van der Waals surface area (Å²) in [6.45, 7) is 5.09. The summed E-state index contributed by atoms with van der Waals surface area (Å²) in [6.07, 6.45) is 12.0. The molecule has 2 fully saturated rings. The molecule has 0 radical (unpaired) electrons. The molecular formula is C12H23B. The summed E-state index contributed by atoms with van der Waals surface area (Å²) in [6, 6.07) is 0. The Bertz CT molecular complexity index is 154. The fraction of sp³-hybridized carbons (Fsp3) is 1.00. The van der Waals surface area contributed by atoms with E-state index in [-0.39, 0.29) is 0 Å². The first-order valence-corrected chi connectivity index (χ1v) is 6.12. The lowest BCUT2D eigenvalue weighted by Crippen LogP contribution is -2.24. The predicted octanol–water partition coefficient (Wildman–Crippen LogP) is 3.93. The predicted molar refractivity (Wildman–Crippen MR) is 60.8 cm³/mol. The molecule has 0 unspecified atom stereocenters. The van der Waals surface area contributed by atoms with Gasteiger partial charge in [0.15, 0.2) is 0 Å². The van der Waals surface area contributed by atoms with E-state index in [1.165, 1.54) is 58.6 Å². The van der Waals surface area contributed by atoms with E-state index in [1.54, 1.807) is 0 Å². The van der Waals surface area contributed by atoms with Crippen molar-refractivity contribution in [1.82, 2.24) is 0 Å². The van der Waals surface area contributed by atoms with E-state index in [0.717, 1.165) is 0 Å². The first-order valence-electron chi connectivity index (χ1n) is 6.12. The number of rotatable bonds is 0. The van der Waals surface area contributed by atoms with E-state index < -0.39 is 0 Å². The van der Waals surface area contributed by atoms with Crippen LogP contribution in [0.1, 0.15) is 65.2 Å². The van der Waals surface area contributed by atoms with Crippen LogP contribution < -0.4 is 0 Å². The minimum Gasteiger partial charge on any atom is -0.0665 e. The van der Waals surface area contributed by atoms with Crippen molar-refractivity contribution in [3.05, 3.63) is 0 Å². The average Bonchev–Trinajstić information content (AvgIpc) is 2.29. The fourth-order valence-corrected chi connectivity index (χ4v) is 3.84. The van der Waals surface area contributed by atoms with Gasteiger partial charge in [-0.15, -0.1) is 0 Å². The van der Waals surface area contributed by atoms with E-state index >= 15 is 0 Å². The molecule has 0 N–H and O–H groups in total. The highest BCUT2D eigenvalue weighted by Gasteiger charge is 2.39. The Hall–Kier alpha value is 0.0649. The molecular weight excluding hydrogens is 155 g/mol. The first-order chi connectivity index (χ1) is 6.12. The Morgan fingerprint density at radius 1 is 0.692 bits per heavy atom. The van der Waals surface area contributed by atoms with Gasteiger partial charge in [-0.05, 0) is 0 Å². The van der Waals surface area contributed by atoms with Crippen molar-refractivity contribution in [1.29, 1.82) is 0 Å². The summed E-state index contributed by atoms with van der Waals surface area (Å²) in [7, 11) is 1.51. The Morgan fingerprint density at radius 2 is 1.00 bits per heavy atom. The van der Waals surface area contributed by atoms with Crippen LogP contribution in [-0.2, 0) is 0 Å². The standard InChI is InChI=1S/C12H23B/c1-11-7-3-5-9-12(2,13-11)10-6-4-8-11/h13H,3-10H2,1-2H3. The van der Waals surface area contributed by atoms with E-state index in [2.05, 4.69) is 13.8 Å². The second-order valence-corrected chi connectivity index (χ2v) is 6.21. The molecule has 0 atom stereocenters. The minimum atomic E-state index is 0.710. The van der Waals surface area contributed by atoms with Crippen LogP contribution in [0.5, 0.6) is 0 Å². The van der Waals surface area contributed by atoms with E-state index in [0.29, 0.717) is 10.6 Å². The van der Waals surface area contributed by atoms with Gasteiger partial charge in [0.2, 0.25) is 0 Å². The van der Waals surface area contributed by atoms with Gasteiger partial charge in [-0.25, -0.2) is 0 Å². The monoisotopic (exact) mass is 178 g/mol. The summed E-state index contributed by atoms with van der Waals surface area (Å²) in [4.78, 5) is 0. The van der Waals surface area contributed by atoms with Crippen LogP contribution in [0.2, 0.25) is 10.6 Å². The van der Waals surface area contributed by atoms with E-state index in [1.807, 2.05) is 0 Å². The third-order valence-electron chi connectivity index (χ3n) is 4.47. The zero-order valence-electron chi connectivity index (χ0n) is 9.36. The third kappa shape index (κ3) is 2.11. The second kappa shape index (κ2) is 3.33. The molecule has 2 heterocycles. The summed E-state index contributed by atoms with van der Waals surface area (Å²) in [5.41, 5.74) is 0. The maximum absolute atomic E-state index is 2.54. The second-order valence-electron chi connectivity index (χ2n) is 6.21. The molecule has 0 nitrogen and oxygen atoms in total. The molecule has 0 aliphatic carbocycles. The zero-order chi connectivity index (χ0) is 9.36. The molecule has 2 aliphatic heterocycles. The minimum absolute atomic E-state index is 0.710. The van der Waals surface area contributed by atoms with Gasteiger partial charge in [-0.2, -0.15) is 0 Å². The van der Waals surface area contributed by atoms with Gasteiger partial charge in [0.1, 0.15) is 7.28 Å². The molecule has 0 saturated carbocycles. The Labute approximate surface area is 83.7 Å². The van der Waals surface area contributed by atoms with Crippen molar-refractivity contribution in [3.8, 4) is 0 Å². The van der Waals surface area contributed by atoms with Gasteiger partial charge in [-0.3, -0.25) is 0 Å². The van der Waals surface area contributed by atoms with Crippen LogP contribution in [0, 0.1) is 0 Å². The molecule has 13 heavy (non-hydrogen) atoms.